The zero-order valence-electron chi connectivity index (χ0n) is 11.3. The molecule has 2 aromatic rings. The molecule has 0 unspecified atom stereocenters. The highest BCUT2D eigenvalue weighted by Crippen LogP contribution is 2.19. The largest absolute Gasteiger partial charge is 0.482 e. The van der Waals surface area contributed by atoms with Crippen LogP contribution in [0.15, 0.2) is 28.8 Å². The van der Waals surface area contributed by atoms with E-state index in [1.807, 2.05) is 13.8 Å². The molecule has 1 N–H and O–H groups in total. The molecule has 0 saturated heterocycles. The van der Waals surface area contributed by atoms with Crippen LogP contribution in [0.25, 0.3) is 0 Å². The number of halogens is 2. The predicted octanol–water partition coefficient (Wildman–Crippen LogP) is 3.03. The lowest BCUT2D eigenvalue weighted by atomic mass is 10.3. The Morgan fingerprint density at radius 2 is 2.10 bits per heavy atom. The molecular formula is C14H16F2N2O2. The Labute approximate surface area is 115 Å². The van der Waals surface area contributed by atoms with Crippen LogP contribution in [-0.4, -0.2) is 11.2 Å². The SMILES string of the molecule is CC(C)NCc1cc(COc2ccc(F)cc2F)on1. The number of rotatable bonds is 6. The predicted molar refractivity (Wildman–Crippen MR) is 69.2 cm³/mol. The second kappa shape index (κ2) is 6.47. The third-order valence-electron chi connectivity index (χ3n) is 2.56. The van der Waals surface area contributed by atoms with Crippen LogP contribution in [0.3, 0.4) is 0 Å². The summed E-state index contributed by atoms with van der Waals surface area (Å²) in [5.41, 5.74) is 0.747. The zero-order chi connectivity index (χ0) is 14.5. The molecular weight excluding hydrogens is 266 g/mol. The topological polar surface area (TPSA) is 47.3 Å². The number of nitrogens with zero attached hydrogens (tertiary/aromatic N) is 1. The molecule has 0 saturated carbocycles. The molecule has 0 fully saturated rings. The first kappa shape index (κ1) is 14.5. The van der Waals surface area contributed by atoms with Gasteiger partial charge in [-0.15, -0.1) is 0 Å². The Hall–Kier alpha value is -1.95. The van der Waals surface area contributed by atoms with E-state index in [9.17, 15) is 8.78 Å². The summed E-state index contributed by atoms with van der Waals surface area (Å²) >= 11 is 0. The van der Waals surface area contributed by atoms with Crippen molar-refractivity contribution < 1.29 is 18.0 Å². The molecule has 1 aromatic heterocycles. The first-order valence-corrected chi connectivity index (χ1v) is 6.30. The molecule has 0 amide bonds. The Morgan fingerprint density at radius 3 is 2.80 bits per heavy atom. The minimum absolute atomic E-state index is 0.0235. The minimum atomic E-state index is -0.744. The fraction of sp³-hybridized carbons (Fsp3) is 0.357. The lowest BCUT2D eigenvalue weighted by Gasteiger charge is -2.04. The van der Waals surface area contributed by atoms with Crippen LogP contribution in [0.2, 0.25) is 0 Å². The van der Waals surface area contributed by atoms with Gasteiger partial charge < -0.3 is 14.6 Å². The van der Waals surface area contributed by atoms with Crippen molar-refractivity contribution in [3.8, 4) is 5.75 Å². The van der Waals surface area contributed by atoms with Crippen molar-refractivity contribution in [3.05, 3.63) is 47.4 Å². The molecule has 0 aliphatic carbocycles. The zero-order valence-corrected chi connectivity index (χ0v) is 11.3. The van der Waals surface area contributed by atoms with Gasteiger partial charge in [-0.3, -0.25) is 0 Å². The lowest BCUT2D eigenvalue weighted by Crippen LogP contribution is -2.21. The van der Waals surface area contributed by atoms with E-state index in [1.165, 1.54) is 6.07 Å². The molecule has 0 aliphatic heterocycles. The van der Waals surface area contributed by atoms with Crippen LogP contribution in [-0.2, 0) is 13.2 Å². The van der Waals surface area contributed by atoms with E-state index in [4.69, 9.17) is 9.26 Å². The second-order valence-electron chi connectivity index (χ2n) is 4.68. The van der Waals surface area contributed by atoms with E-state index >= 15 is 0 Å². The molecule has 20 heavy (non-hydrogen) atoms. The van der Waals surface area contributed by atoms with Crippen molar-refractivity contribution in [2.24, 2.45) is 0 Å². The second-order valence-corrected chi connectivity index (χ2v) is 4.68. The molecule has 0 spiro atoms. The van der Waals surface area contributed by atoms with Crippen LogP contribution in [0.1, 0.15) is 25.3 Å². The van der Waals surface area contributed by atoms with Crippen LogP contribution in [0.4, 0.5) is 8.78 Å². The van der Waals surface area contributed by atoms with Gasteiger partial charge in [0.05, 0.1) is 5.69 Å². The number of ether oxygens (including phenoxy) is 1. The first-order valence-electron chi connectivity index (χ1n) is 6.30. The molecule has 6 heteroatoms. The molecule has 1 heterocycles. The van der Waals surface area contributed by atoms with Crippen LogP contribution >= 0.6 is 0 Å². The van der Waals surface area contributed by atoms with Crippen LogP contribution in [0, 0.1) is 11.6 Å². The van der Waals surface area contributed by atoms with Crippen molar-refractivity contribution >= 4 is 0 Å². The summed E-state index contributed by atoms with van der Waals surface area (Å²) < 4.78 is 36.4. The van der Waals surface area contributed by atoms with Crippen molar-refractivity contribution in [1.82, 2.24) is 10.5 Å². The van der Waals surface area contributed by atoms with Crippen molar-refractivity contribution in [2.45, 2.75) is 33.0 Å². The summed E-state index contributed by atoms with van der Waals surface area (Å²) in [4.78, 5) is 0. The Balaban J connectivity index is 1.90. The van der Waals surface area contributed by atoms with Gasteiger partial charge in [0.1, 0.15) is 12.4 Å². The van der Waals surface area contributed by atoms with E-state index in [-0.39, 0.29) is 12.4 Å². The summed E-state index contributed by atoms with van der Waals surface area (Å²) in [6, 6.07) is 5.23. The molecule has 4 nitrogen and oxygen atoms in total. The number of hydrogen-bond donors (Lipinski definition) is 1. The van der Waals surface area contributed by atoms with E-state index < -0.39 is 11.6 Å². The highest BCUT2D eigenvalue weighted by Gasteiger charge is 2.08. The molecule has 1 aromatic carbocycles. The standard InChI is InChI=1S/C14H16F2N2O2/c1-9(2)17-7-11-6-12(20-18-11)8-19-14-4-3-10(15)5-13(14)16/h3-6,9,17H,7-8H2,1-2H3. The molecule has 0 aliphatic rings. The van der Waals surface area contributed by atoms with Gasteiger partial charge in [-0.1, -0.05) is 19.0 Å². The van der Waals surface area contributed by atoms with Crippen LogP contribution in [0.5, 0.6) is 5.75 Å². The van der Waals surface area contributed by atoms with Gasteiger partial charge in [0.25, 0.3) is 0 Å². The van der Waals surface area contributed by atoms with Gasteiger partial charge in [-0.05, 0) is 12.1 Å². The highest BCUT2D eigenvalue weighted by atomic mass is 19.1. The van der Waals surface area contributed by atoms with E-state index in [0.717, 1.165) is 17.8 Å². The third-order valence-corrected chi connectivity index (χ3v) is 2.56. The Kier molecular flexibility index (Phi) is 4.68. The average molecular weight is 282 g/mol. The van der Waals surface area contributed by atoms with Crippen LogP contribution < -0.4 is 10.1 Å². The molecule has 0 bridgehead atoms. The monoisotopic (exact) mass is 282 g/mol. The summed E-state index contributed by atoms with van der Waals surface area (Å²) in [5, 5.41) is 7.06. The molecule has 2 rings (SSSR count). The van der Waals surface area contributed by atoms with Gasteiger partial charge in [0.2, 0.25) is 0 Å². The first-order chi connectivity index (χ1) is 9.54. The highest BCUT2D eigenvalue weighted by molar-refractivity contribution is 5.24. The number of benzene rings is 1. The van der Waals surface area contributed by atoms with Gasteiger partial charge >= 0.3 is 0 Å². The smallest absolute Gasteiger partial charge is 0.174 e. The summed E-state index contributed by atoms with van der Waals surface area (Å²) in [7, 11) is 0. The van der Waals surface area contributed by atoms with E-state index in [0.29, 0.717) is 18.3 Å². The molecule has 0 radical (unpaired) electrons. The summed E-state index contributed by atoms with van der Waals surface area (Å²) in [6.07, 6.45) is 0. The van der Waals surface area contributed by atoms with Crippen molar-refractivity contribution in [3.63, 3.8) is 0 Å². The van der Waals surface area contributed by atoms with Crippen molar-refractivity contribution in [2.75, 3.05) is 0 Å². The third kappa shape index (κ3) is 4.03. The molecule has 108 valence electrons. The summed E-state index contributed by atoms with van der Waals surface area (Å²) in [6.45, 7) is 4.69. The maximum Gasteiger partial charge on any atom is 0.174 e. The van der Waals surface area contributed by atoms with Gasteiger partial charge in [0.15, 0.2) is 17.3 Å². The minimum Gasteiger partial charge on any atom is -0.482 e. The number of aromatic nitrogens is 1. The maximum atomic E-state index is 13.3. The fourth-order valence-corrected chi connectivity index (χ4v) is 1.56. The Bertz CT molecular complexity index is 570. The van der Waals surface area contributed by atoms with E-state index in [1.54, 1.807) is 6.07 Å². The van der Waals surface area contributed by atoms with Gasteiger partial charge in [0, 0.05) is 24.7 Å². The van der Waals surface area contributed by atoms with E-state index in [2.05, 4.69) is 10.5 Å². The summed E-state index contributed by atoms with van der Waals surface area (Å²) in [5.74, 6) is -0.929. The Morgan fingerprint density at radius 1 is 1.30 bits per heavy atom. The maximum absolute atomic E-state index is 13.3. The molecule has 0 atom stereocenters. The lowest BCUT2D eigenvalue weighted by molar-refractivity contribution is 0.239. The quantitative estimate of drug-likeness (QED) is 0.884. The average Bonchev–Trinajstić information content (AvgIpc) is 2.83. The normalized spacial score (nSPS) is 11.1. The fourth-order valence-electron chi connectivity index (χ4n) is 1.56. The van der Waals surface area contributed by atoms with Crippen molar-refractivity contribution in [1.29, 1.82) is 0 Å². The number of nitrogens with one attached hydrogen (secondary N) is 1. The van der Waals surface area contributed by atoms with Gasteiger partial charge in [-0.25, -0.2) is 8.78 Å². The van der Waals surface area contributed by atoms with Gasteiger partial charge in [-0.2, -0.15) is 0 Å². The number of hydrogen-bond acceptors (Lipinski definition) is 4.